The first-order valence-corrected chi connectivity index (χ1v) is 5.64. The lowest BCUT2D eigenvalue weighted by molar-refractivity contribution is 0.673. The van der Waals surface area contributed by atoms with Crippen LogP contribution in [-0.4, -0.2) is 25.1 Å². The zero-order chi connectivity index (χ0) is 11.1. The van der Waals surface area contributed by atoms with Gasteiger partial charge in [0.25, 0.3) is 0 Å². The molecule has 0 saturated carbocycles. The maximum atomic E-state index is 4.17. The molecule has 1 rings (SSSR count). The Hall–Kier alpha value is -1.09. The van der Waals surface area contributed by atoms with E-state index in [1.165, 1.54) is 17.7 Å². The average molecular weight is 207 g/mol. The molecule has 15 heavy (non-hydrogen) atoms. The third kappa shape index (κ3) is 3.51. The molecule has 0 atom stereocenters. The van der Waals surface area contributed by atoms with Gasteiger partial charge >= 0.3 is 0 Å². The highest BCUT2D eigenvalue weighted by atomic mass is 15.1. The van der Waals surface area contributed by atoms with E-state index in [0.29, 0.717) is 0 Å². The highest BCUT2D eigenvalue weighted by Crippen LogP contribution is 2.16. The van der Waals surface area contributed by atoms with E-state index in [1.807, 2.05) is 12.4 Å². The van der Waals surface area contributed by atoms with Gasteiger partial charge in [-0.2, -0.15) is 0 Å². The first kappa shape index (κ1) is 12.0. The van der Waals surface area contributed by atoms with Crippen molar-refractivity contribution >= 4 is 5.69 Å². The Labute approximate surface area is 92.5 Å². The van der Waals surface area contributed by atoms with Crippen LogP contribution in [0.25, 0.3) is 0 Å². The number of aromatic nitrogens is 1. The number of anilines is 1. The van der Waals surface area contributed by atoms with Gasteiger partial charge in [0, 0.05) is 26.3 Å². The Morgan fingerprint density at radius 2 is 2.20 bits per heavy atom. The molecule has 0 spiro atoms. The second-order valence-corrected chi connectivity index (χ2v) is 3.70. The van der Waals surface area contributed by atoms with Gasteiger partial charge in [-0.3, -0.25) is 4.98 Å². The molecule has 0 aromatic carbocycles. The summed E-state index contributed by atoms with van der Waals surface area (Å²) in [7, 11) is 2.10. The molecule has 1 aromatic rings. The molecule has 0 bridgehead atoms. The molecule has 1 N–H and O–H groups in total. The summed E-state index contributed by atoms with van der Waals surface area (Å²) >= 11 is 0. The highest BCUT2D eigenvalue weighted by Gasteiger charge is 2.04. The number of nitrogens with zero attached hydrogens (tertiary/aromatic N) is 2. The van der Waals surface area contributed by atoms with E-state index in [2.05, 4.69) is 42.2 Å². The molecule has 1 heterocycles. The van der Waals surface area contributed by atoms with Gasteiger partial charge in [-0.05, 0) is 31.5 Å². The normalized spacial score (nSPS) is 10.3. The van der Waals surface area contributed by atoms with E-state index in [0.717, 1.165) is 19.6 Å². The van der Waals surface area contributed by atoms with Crippen LogP contribution < -0.4 is 10.2 Å². The van der Waals surface area contributed by atoms with E-state index in [1.54, 1.807) is 0 Å². The van der Waals surface area contributed by atoms with Crippen LogP contribution in [0.5, 0.6) is 0 Å². The number of rotatable bonds is 6. The third-order valence-corrected chi connectivity index (χ3v) is 2.52. The zero-order valence-electron chi connectivity index (χ0n) is 9.95. The molecule has 0 amide bonds. The molecule has 0 aliphatic heterocycles. The molecule has 0 saturated heterocycles. The van der Waals surface area contributed by atoms with Crippen LogP contribution in [0.3, 0.4) is 0 Å². The first-order valence-electron chi connectivity index (χ1n) is 5.64. The molecule has 3 heteroatoms. The van der Waals surface area contributed by atoms with Crippen molar-refractivity contribution in [3.63, 3.8) is 0 Å². The summed E-state index contributed by atoms with van der Waals surface area (Å²) < 4.78 is 0. The van der Waals surface area contributed by atoms with Crippen molar-refractivity contribution in [3.8, 4) is 0 Å². The molecule has 1 aromatic heterocycles. The lowest BCUT2D eigenvalue weighted by Gasteiger charge is -2.20. The molecule has 0 radical (unpaired) electrons. The second kappa shape index (κ2) is 6.40. The van der Waals surface area contributed by atoms with Gasteiger partial charge in [-0.15, -0.1) is 0 Å². The first-order chi connectivity index (χ1) is 7.29. The summed E-state index contributed by atoms with van der Waals surface area (Å²) in [6.07, 6.45) is 4.96. The Kier molecular flexibility index (Phi) is 5.12. The summed E-state index contributed by atoms with van der Waals surface area (Å²) in [6, 6.07) is 2.09. The minimum Gasteiger partial charge on any atom is -0.373 e. The third-order valence-electron chi connectivity index (χ3n) is 2.52. The fraction of sp³-hybridized carbons (Fsp3) is 0.583. The average Bonchev–Trinajstić information content (AvgIpc) is 2.29. The summed E-state index contributed by atoms with van der Waals surface area (Å²) in [5, 5.41) is 3.42. The fourth-order valence-electron chi connectivity index (χ4n) is 1.48. The second-order valence-electron chi connectivity index (χ2n) is 3.70. The molecule has 0 unspecified atom stereocenters. The highest BCUT2D eigenvalue weighted by molar-refractivity contribution is 5.50. The lowest BCUT2D eigenvalue weighted by Crippen LogP contribution is -2.21. The van der Waals surface area contributed by atoms with Crippen molar-refractivity contribution in [1.29, 1.82) is 0 Å². The lowest BCUT2D eigenvalue weighted by atomic mass is 10.2. The molecule has 84 valence electrons. The van der Waals surface area contributed by atoms with Crippen LogP contribution in [0.2, 0.25) is 0 Å². The topological polar surface area (TPSA) is 28.2 Å². The number of hydrogen-bond donors (Lipinski definition) is 1. The minimum absolute atomic E-state index is 0.927. The Bertz CT molecular complexity index is 286. The zero-order valence-corrected chi connectivity index (χ0v) is 9.95. The predicted molar refractivity (Wildman–Crippen MR) is 65.2 cm³/mol. The number of pyridine rings is 1. The van der Waals surface area contributed by atoms with E-state index in [4.69, 9.17) is 0 Å². The maximum absolute atomic E-state index is 4.17. The standard InChI is InChI=1S/C12H21N3/c1-4-7-13-9-11-6-8-14-10-12(11)15(3)5-2/h6,8,10,13H,4-5,7,9H2,1-3H3. The minimum atomic E-state index is 0.927. The van der Waals surface area contributed by atoms with E-state index < -0.39 is 0 Å². The van der Waals surface area contributed by atoms with Crippen molar-refractivity contribution in [2.75, 3.05) is 25.0 Å². The Balaban J connectivity index is 2.68. The van der Waals surface area contributed by atoms with Crippen molar-refractivity contribution in [1.82, 2.24) is 10.3 Å². The summed E-state index contributed by atoms with van der Waals surface area (Å²) in [5.41, 5.74) is 2.55. The van der Waals surface area contributed by atoms with Gasteiger partial charge in [0.2, 0.25) is 0 Å². The van der Waals surface area contributed by atoms with Gasteiger partial charge in [0.15, 0.2) is 0 Å². The Morgan fingerprint density at radius 3 is 2.87 bits per heavy atom. The van der Waals surface area contributed by atoms with Crippen molar-refractivity contribution < 1.29 is 0 Å². The molecule has 0 aliphatic rings. The van der Waals surface area contributed by atoms with E-state index in [-0.39, 0.29) is 0 Å². The largest absolute Gasteiger partial charge is 0.373 e. The summed E-state index contributed by atoms with van der Waals surface area (Å²) in [6.45, 7) is 7.33. The summed E-state index contributed by atoms with van der Waals surface area (Å²) in [4.78, 5) is 6.39. The van der Waals surface area contributed by atoms with Crippen LogP contribution in [0.15, 0.2) is 18.5 Å². The molecule has 3 nitrogen and oxygen atoms in total. The SMILES string of the molecule is CCCNCc1ccncc1N(C)CC. The molecule has 0 aliphatic carbocycles. The summed E-state index contributed by atoms with van der Waals surface area (Å²) in [5.74, 6) is 0. The molecular formula is C12H21N3. The van der Waals surface area contributed by atoms with E-state index >= 15 is 0 Å². The van der Waals surface area contributed by atoms with Crippen molar-refractivity contribution in [3.05, 3.63) is 24.0 Å². The molecular weight excluding hydrogens is 186 g/mol. The van der Waals surface area contributed by atoms with Crippen molar-refractivity contribution in [2.45, 2.75) is 26.8 Å². The Morgan fingerprint density at radius 1 is 1.40 bits per heavy atom. The number of nitrogens with one attached hydrogen (secondary N) is 1. The van der Waals surface area contributed by atoms with Crippen molar-refractivity contribution in [2.24, 2.45) is 0 Å². The van der Waals surface area contributed by atoms with Gasteiger partial charge in [0.05, 0.1) is 11.9 Å². The predicted octanol–water partition coefficient (Wildman–Crippen LogP) is 2.04. The van der Waals surface area contributed by atoms with Gasteiger partial charge in [-0.25, -0.2) is 0 Å². The van der Waals surface area contributed by atoms with E-state index in [9.17, 15) is 0 Å². The maximum Gasteiger partial charge on any atom is 0.0595 e. The van der Waals surface area contributed by atoms with Crippen LogP contribution in [-0.2, 0) is 6.54 Å². The monoisotopic (exact) mass is 207 g/mol. The van der Waals surface area contributed by atoms with Gasteiger partial charge in [0.1, 0.15) is 0 Å². The van der Waals surface area contributed by atoms with Crippen LogP contribution in [0.4, 0.5) is 5.69 Å². The fourth-order valence-corrected chi connectivity index (χ4v) is 1.48. The smallest absolute Gasteiger partial charge is 0.0595 e. The van der Waals surface area contributed by atoms with Gasteiger partial charge in [-0.1, -0.05) is 6.92 Å². The van der Waals surface area contributed by atoms with Crippen LogP contribution in [0, 0.1) is 0 Å². The number of hydrogen-bond acceptors (Lipinski definition) is 3. The van der Waals surface area contributed by atoms with Gasteiger partial charge < -0.3 is 10.2 Å². The quantitative estimate of drug-likeness (QED) is 0.724. The van der Waals surface area contributed by atoms with Crippen LogP contribution in [0.1, 0.15) is 25.8 Å². The van der Waals surface area contributed by atoms with Crippen LogP contribution >= 0.6 is 0 Å². The molecule has 0 fully saturated rings.